The number of fused-ring (bicyclic) bond motifs is 1. The van der Waals surface area contributed by atoms with Gasteiger partial charge in [-0.3, -0.25) is 5.41 Å². The summed E-state index contributed by atoms with van der Waals surface area (Å²) in [6.45, 7) is 1.22. The molecule has 1 aliphatic rings. The third-order valence-electron chi connectivity index (χ3n) is 4.16. The third kappa shape index (κ3) is 3.30. The number of nitrogens with zero attached hydrogens (tertiary/aromatic N) is 1. The lowest BCUT2D eigenvalue weighted by Gasteiger charge is -2.29. The van der Waals surface area contributed by atoms with Crippen molar-refractivity contribution >= 4 is 11.7 Å². The molecule has 122 valence electrons. The minimum atomic E-state index is -0.234. The topological polar surface area (TPSA) is 82.2 Å². The Morgan fingerprint density at radius 2 is 1.75 bits per heavy atom. The van der Waals surface area contributed by atoms with Gasteiger partial charge in [0.1, 0.15) is 0 Å². The molecule has 0 aromatic heterocycles. The molecule has 5 nitrogen and oxygen atoms in total. The molecule has 0 aliphatic carbocycles. The Morgan fingerprint density at radius 1 is 1.08 bits per heavy atom. The molecule has 2 aromatic carbocycles. The molecule has 0 saturated heterocycles. The van der Waals surface area contributed by atoms with Gasteiger partial charge in [0.2, 0.25) is 0 Å². The molecule has 0 saturated carbocycles. The van der Waals surface area contributed by atoms with Gasteiger partial charge in [-0.15, -0.1) is 0 Å². The van der Waals surface area contributed by atoms with Crippen molar-refractivity contribution in [2.45, 2.75) is 13.0 Å². The largest absolute Gasteiger partial charge is 0.403 e. The summed E-state index contributed by atoms with van der Waals surface area (Å²) in [6.07, 6.45) is 2.10. The van der Waals surface area contributed by atoms with Crippen LogP contribution in [0.3, 0.4) is 0 Å². The summed E-state index contributed by atoms with van der Waals surface area (Å²) in [5.41, 5.74) is 9.29. The first-order valence-electron chi connectivity index (χ1n) is 7.88. The molecule has 2 aromatic rings. The van der Waals surface area contributed by atoms with Gasteiger partial charge in [0.15, 0.2) is 0 Å². The van der Waals surface area contributed by atoms with Crippen LogP contribution in [0.25, 0.3) is 0 Å². The molecule has 2 amide bonds. The standard InChI is InChI=1S/C19H20N4O/c20-12-17(18(21)15-7-2-1-3-8-15)22-19(24)23-11-10-14-6-4-5-9-16(14)13-23/h1-9,12,21H,10-11,13,20H2,(H,22,24)/b17-12+,21-18?. The van der Waals surface area contributed by atoms with E-state index in [2.05, 4.69) is 11.4 Å². The van der Waals surface area contributed by atoms with Crippen molar-refractivity contribution in [2.24, 2.45) is 5.73 Å². The predicted molar refractivity (Wildman–Crippen MR) is 94.6 cm³/mol. The van der Waals surface area contributed by atoms with Crippen LogP contribution in [-0.4, -0.2) is 23.2 Å². The SMILES string of the molecule is N=C(/C(=C\N)NC(=O)N1CCc2ccccc2C1)c1ccccc1. The molecule has 0 unspecified atom stereocenters. The van der Waals surface area contributed by atoms with E-state index in [0.717, 1.165) is 12.0 Å². The van der Waals surface area contributed by atoms with Gasteiger partial charge in [0.25, 0.3) is 0 Å². The van der Waals surface area contributed by atoms with Crippen molar-refractivity contribution in [1.82, 2.24) is 10.2 Å². The Bertz CT molecular complexity index is 783. The lowest BCUT2D eigenvalue weighted by Crippen LogP contribution is -2.43. The van der Waals surface area contributed by atoms with Gasteiger partial charge in [-0.2, -0.15) is 0 Å². The van der Waals surface area contributed by atoms with E-state index in [-0.39, 0.29) is 11.7 Å². The summed E-state index contributed by atoms with van der Waals surface area (Å²) < 4.78 is 0. The molecule has 1 heterocycles. The first-order chi connectivity index (χ1) is 11.7. The summed E-state index contributed by atoms with van der Waals surface area (Å²) in [5, 5.41) is 11.0. The van der Waals surface area contributed by atoms with E-state index < -0.39 is 0 Å². The van der Waals surface area contributed by atoms with E-state index in [4.69, 9.17) is 11.1 Å². The smallest absolute Gasteiger partial charge is 0.322 e. The van der Waals surface area contributed by atoms with Crippen LogP contribution in [0.2, 0.25) is 0 Å². The normalized spacial score (nSPS) is 14.0. The molecule has 0 bridgehead atoms. The molecular formula is C19H20N4O. The lowest BCUT2D eigenvalue weighted by atomic mass is 10.0. The molecule has 24 heavy (non-hydrogen) atoms. The maximum absolute atomic E-state index is 12.5. The van der Waals surface area contributed by atoms with Crippen molar-refractivity contribution in [3.63, 3.8) is 0 Å². The summed E-state index contributed by atoms with van der Waals surface area (Å²) in [4.78, 5) is 14.3. The highest BCUT2D eigenvalue weighted by molar-refractivity contribution is 6.11. The fraction of sp³-hybridized carbons (Fsp3) is 0.158. The Labute approximate surface area is 141 Å². The van der Waals surface area contributed by atoms with Crippen LogP contribution in [0.5, 0.6) is 0 Å². The number of carbonyl (C=O) groups is 1. The molecular weight excluding hydrogens is 300 g/mol. The average molecular weight is 320 g/mol. The molecule has 4 N–H and O–H groups in total. The van der Waals surface area contributed by atoms with Crippen molar-refractivity contribution in [2.75, 3.05) is 6.54 Å². The number of amides is 2. The van der Waals surface area contributed by atoms with E-state index in [0.29, 0.717) is 24.4 Å². The number of allylic oxidation sites excluding steroid dienone is 1. The summed E-state index contributed by atoms with van der Waals surface area (Å²) >= 11 is 0. The number of nitrogens with one attached hydrogen (secondary N) is 2. The van der Waals surface area contributed by atoms with Crippen LogP contribution in [-0.2, 0) is 13.0 Å². The van der Waals surface area contributed by atoms with Crippen molar-refractivity contribution in [1.29, 1.82) is 5.41 Å². The summed E-state index contributed by atoms with van der Waals surface area (Å²) in [7, 11) is 0. The van der Waals surface area contributed by atoms with Gasteiger partial charge in [0, 0.05) is 24.9 Å². The molecule has 0 atom stereocenters. The van der Waals surface area contributed by atoms with Crippen molar-refractivity contribution < 1.29 is 4.79 Å². The zero-order chi connectivity index (χ0) is 16.9. The van der Waals surface area contributed by atoms with Crippen molar-refractivity contribution in [3.05, 3.63) is 83.2 Å². The second-order valence-electron chi connectivity index (χ2n) is 5.69. The highest BCUT2D eigenvalue weighted by Gasteiger charge is 2.21. The number of hydrogen-bond donors (Lipinski definition) is 3. The molecule has 1 aliphatic heterocycles. The van der Waals surface area contributed by atoms with Gasteiger partial charge in [0.05, 0.1) is 11.4 Å². The Kier molecular flexibility index (Phi) is 4.61. The highest BCUT2D eigenvalue weighted by atomic mass is 16.2. The molecule has 5 heteroatoms. The minimum Gasteiger partial charge on any atom is -0.403 e. The lowest BCUT2D eigenvalue weighted by molar-refractivity contribution is 0.195. The van der Waals surface area contributed by atoms with E-state index >= 15 is 0 Å². The van der Waals surface area contributed by atoms with Crippen LogP contribution in [0.1, 0.15) is 16.7 Å². The van der Waals surface area contributed by atoms with Gasteiger partial charge in [-0.25, -0.2) is 4.79 Å². The average Bonchev–Trinajstić information content (AvgIpc) is 2.65. The highest BCUT2D eigenvalue weighted by Crippen LogP contribution is 2.18. The van der Waals surface area contributed by atoms with E-state index in [1.165, 1.54) is 11.8 Å². The maximum Gasteiger partial charge on any atom is 0.322 e. The van der Waals surface area contributed by atoms with Crippen LogP contribution >= 0.6 is 0 Å². The van der Waals surface area contributed by atoms with Gasteiger partial charge >= 0.3 is 6.03 Å². The number of urea groups is 1. The van der Waals surface area contributed by atoms with Gasteiger partial charge in [-0.05, 0) is 17.5 Å². The molecule has 3 rings (SSSR count). The number of rotatable bonds is 3. The summed E-state index contributed by atoms with van der Waals surface area (Å²) in [6, 6.07) is 17.1. The number of nitrogens with two attached hydrogens (primary N) is 1. The summed E-state index contributed by atoms with van der Waals surface area (Å²) in [5.74, 6) is 0. The first kappa shape index (κ1) is 15.8. The zero-order valence-electron chi connectivity index (χ0n) is 13.3. The number of benzene rings is 2. The fourth-order valence-corrected chi connectivity index (χ4v) is 2.81. The first-order valence-corrected chi connectivity index (χ1v) is 7.88. The zero-order valence-corrected chi connectivity index (χ0v) is 13.3. The number of hydrogen-bond acceptors (Lipinski definition) is 3. The van der Waals surface area contributed by atoms with Crippen molar-refractivity contribution in [3.8, 4) is 0 Å². The predicted octanol–water partition coefficient (Wildman–Crippen LogP) is 2.62. The number of carbonyl (C=O) groups excluding carboxylic acids is 1. The van der Waals surface area contributed by atoms with Gasteiger partial charge in [-0.1, -0.05) is 54.6 Å². The third-order valence-corrected chi connectivity index (χ3v) is 4.16. The molecule has 0 fully saturated rings. The Balaban J connectivity index is 1.69. The maximum atomic E-state index is 12.5. The molecule has 0 spiro atoms. The van der Waals surface area contributed by atoms with Crippen LogP contribution in [0, 0.1) is 5.41 Å². The van der Waals surface area contributed by atoms with Gasteiger partial charge < -0.3 is 16.0 Å². The Morgan fingerprint density at radius 3 is 2.46 bits per heavy atom. The van der Waals surface area contributed by atoms with Crippen LogP contribution in [0.4, 0.5) is 4.79 Å². The van der Waals surface area contributed by atoms with E-state index in [1.807, 2.05) is 48.5 Å². The van der Waals surface area contributed by atoms with E-state index in [9.17, 15) is 4.79 Å². The monoisotopic (exact) mass is 320 g/mol. The van der Waals surface area contributed by atoms with Crippen LogP contribution in [0.15, 0.2) is 66.5 Å². The Hall–Kier alpha value is -3.08. The second-order valence-corrected chi connectivity index (χ2v) is 5.69. The van der Waals surface area contributed by atoms with Crippen LogP contribution < -0.4 is 11.1 Å². The second kappa shape index (κ2) is 7.00. The fourth-order valence-electron chi connectivity index (χ4n) is 2.81. The van der Waals surface area contributed by atoms with E-state index in [1.54, 1.807) is 4.90 Å². The quantitative estimate of drug-likeness (QED) is 0.760. The molecule has 0 radical (unpaired) electrons. The minimum absolute atomic E-state index is 0.198.